The highest BCUT2D eigenvalue weighted by molar-refractivity contribution is 7.99. The van der Waals surface area contributed by atoms with E-state index in [2.05, 4.69) is 71.3 Å². The molecule has 6 heteroatoms. The molecule has 0 saturated carbocycles. The quantitative estimate of drug-likeness (QED) is 0.648. The van der Waals surface area contributed by atoms with Crippen LogP contribution in [0.5, 0.6) is 0 Å². The molecule has 1 heterocycles. The van der Waals surface area contributed by atoms with Crippen molar-refractivity contribution in [3.8, 4) is 0 Å². The molecule has 0 aromatic carbocycles. The molecule has 0 N–H and O–H groups in total. The van der Waals surface area contributed by atoms with Gasteiger partial charge in [0.25, 0.3) is 0 Å². The summed E-state index contributed by atoms with van der Waals surface area (Å²) >= 11 is 4.18. The number of hydrogen-bond acceptors (Lipinski definition) is 6. The van der Waals surface area contributed by atoms with E-state index in [0.29, 0.717) is 0 Å². The van der Waals surface area contributed by atoms with E-state index >= 15 is 0 Å². The Hall–Kier alpha value is 0.540. The molecule has 132 valence electrons. The van der Waals surface area contributed by atoms with Gasteiger partial charge in [0.1, 0.15) is 0 Å². The largest absolute Gasteiger partial charge is 0.304 e. The van der Waals surface area contributed by atoms with Crippen LogP contribution in [0, 0.1) is 0 Å². The maximum Gasteiger partial charge on any atom is 0.0107 e. The lowest BCUT2D eigenvalue weighted by atomic mass is 10.5. The molecule has 1 aliphatic heterocycles. The molecular weight excluding hydrogens is 312 g/mol. The molecular formula is C16H36N4S2. The summed E-state index contributed by atoms with van der Waals surface area (Å²) in [7, 11) is 9.01. The van der Waals surface area contributed by atoms with E-state index < -0.39 is 0 Å². The molecule has 0 amide bonds. The third kappa shape index (κ3) is 11.1. The summed E-state index contributed by atoms with van der Waals surface area (Å²) in [5.41, 5.74) is 0. The van der Waals surface area contributed by atoms with Gasteiger partial charge in [0, 0.05) is 75.4 Å². The Balaban J connectivity index is 2.31. The SMILES string of the molecule is CN1CCSCCN(C)CCN(C)CCSCCN(C)CC1. The predicted molar refractivity (Wildman–Crippen MR) is 105 cm³/mol. The molecule has 0 spiro atoms. The van der Waals surface area contributed by atoms with Gasteiger partial charge in [0.15, 0.2) is 0 Å². The van der Waals surface area contributed by atoms with Crippen molar-refractivity contribution in [1.82, 2.24) is 19.6 Å². The van der Waals surface area contributed by atoms with Gasteiger partial charge in [-0.15, -0.1) is 0 Å². The first kappa shape index (κ1) is 20.6. The summed E-state index contributed by atoms with van der Waals surface area (Å²) in [5.74, 6) is 5.02. The van der Waals surface area contributed by atoms with Crippen molar-refractivity contribution in [3.05, 3.63) is 0 Å². The normalized spacial score (nSPS) is 25.6. The summed E-state index contributed by atoms with van der Waals surface area (Å²) in [4.78, 5) is 9.88. The number of likely N-dealkylation sites (N-methyl/N-ethyl adjacent to an activating group) is 4. The first-order valence-electron chi connectivity index (χ1n) is 8.47. The highest BCUT2D eigenvalue weighted by Gasteiger charge is 2.05. The summed E-state index contributed by atoms with van der Waals surface area (Å²) in [6, 6.07) is 0. The van der Waals surface area contributed by atoms with Gasteiger partial charge in [0.2, 0.25) is 0 Å². The van der Waals surface area contributed by atoms with Gasteiger partial charge < -0.3 is 19.6 Å². The fraction of sp³-hybridized carbons (Fsp3) is 1.00. The average Bonchev–Trinajstić information content (AvgIpc) is 2.49. The van der Waals surface area contributed by atoms with Crippen molar-refractivity contribution < 1.29 is 0 Å². The molecule has 0 radical (unpaired) electrons. The smallest absolute Gasteiger partial charge is 0.0107 e. The van der Waals surface area contributed by atoms with Crippen molar-refractivity contribution in [3.63, 3.8) is 0 Å². The molecule has 4 nitrogen and oxygen atoms in total. The second-order valence-electron chi connectivity index (χ2n) is 6.44. The van der Waals surface area contributed by atoms with E-state index in [1.54, 1.807) is 0 Å². The van der Waals surface area contributed by atoms with Gasteiger partial charge in [-0.05, 0) is 28.2 Å². The Labute approximate surface area is 146 Å². The molecule has 1 saturated heterocycles. The molecule has 0 aliphatic carbocycles. The lowest BCUT2D eigenvalue weighted by Gasteiger charge is -2.24. The van der Waals surface area contributed by atoms with Crippen LogP contribution in [0.15, 0.2) is 0 Å². The first-order valence-corrected chi connectivity index (χ1v) is 10.8. The fourth-order valence-corrected chi connectivity index (χ4v) is 4.39. The minimum absolute atomic E-state index is 1.18. The molecule has 1 rings (SSSR count). The second-order valence-corrected chi connectivity index (χ2v) is 8.89. The Morgan fingerprint density at radius 3 is 0.864 bits per heavy atom. The Morgan fingerprint density at radius 2 is 0.636 bits per heavy atom. The second kappa shape index (κ2) is 12.9. The molecule has 0 aromatic heterocycles. The topological polar surface area (TPSA) is 13.0 Å². The van der Waals surface area contributed by atoms with Crippen molar-refractivity contribution >= 4 is 23.5 Å². The van der Waals surface area contributed by atoms with Gasteiger partial charge in [-0.3, -0.25) is 0 Å². The van der Waals surface area contributed by atoms with E-state index in [0.717, 1.165) is 0 Å². The summed E-state index contributed by atoms with van der Waals surface area (Å²) < 4.78 is 0. The zero-order valence-corrected chi connectivity index (χ0v) is 16.7. The maximum atomic E-state index is 2.47. The van der Waals surface area contributed by atoms with Crippen molar-refractivity contribution in [1.29, 1.82) is 0 Å². The van der Waals surface area contributed by atoms with E-state index in [1.165, 1.54) is 75.4 Å². The third-order valence-corrected chi connectivity index (χ3v) is 6.08. The van der Waals surface area contributed by atoms with Crippen LogP contribution in [-0.4, -0.2) is 123 Å². The summed E-state index contributed by atoms with van der Waals surface area (Å²) in [6.45, 7) is 9.57. The molecule has 1 aliphatic rings. The minimum atomic E-state index is 1.18. The van der Waals surface area contributed by atoms with Crippen molar-refractivity contribution in [2.75, 3.05) is 104 Å². The number of thioether (sulfide) groups is 2. The molecule has 0 aromatic rings. The van der Waals surface area contributed by atoms with Gasteiger partial charge in [-0.1, -0.05) is 0 Å². The number of hydrogen-bond donors (Lipinski definition) is 0. The van der Waals surface area contributed by atoms with E-state index in [9.17, 15) is 0 Å². The minimum Gasteiger partial charge on any atom is -0.304 e. The van der Waals surface area contributed by atoms with Crippen LogP contribution >= 0.6 is 23.5 Å². The van der Waals surface area contributed by atoms with Crippen LogP contribution < -0.4 is 0 Å². The van der Waals surface area contributed by atoms with Crippen LogP contribution in [0.3, 0.4) is 0 Å². The Morgan fingerprint density at radius 1 is 0.409 bits per heavy atom. The third-order valence-electron chi connectivity index (χ3n) is 4.20. The van der Waals surface area contributed by atoms with Crippen LogP contribution in [0.1, 0.15) is 0 Å². The number of rotatable bonds is 0. The predicted octanol–water partition coefficient (Wildman–Crippen LogP) is 1.19. The summed E-state index contributed by atoms with van der Waals surface area (Å²) in [5, 5.41) is 0. The fourth-order valence-electron chi connectivity index (χ4n) is 2.22. The van der Waals surface area contributed by atoms with Crippen LogP contribution in [0.2, 0.25) is 0 Å². The van der Waals surface area contributed by atoms with E-state index in [-0.39, 0.29) is 0 Å². The lowest BCUT2D eigenvalue weighted by molar-refractivity contribution is 0.271. The Kier molecular flexibility index (Phi) is 12.1. The Bertz CT molecular complexity index is 219. The van der Waals surface area contributed by atoms with Crippen molar-refractivity contribution in [2.24, 2.45) is 0 Å². The molecule has 1 fully saturated rings. The molecule has 0 bridgehead atoms. The van der Waals surface area contributed by atoms with Gasteiger partial charge in [-0.2, -0.15) is 23.5 Å². The average molecular weight is 349 g/mol. The first-order chi connectivity index (χ1) is 10.6. The standard InChI is InChI=1S/C16H36N4S2/c1-17-5-6-18(2)10-15-22-16-12-20(4)8-7-19(3)11-14-21-13-9-17/h5-16H2,1-4H3. The highest BCUT2D eigenvalue weighted by Crippen LogP contribution is 2.04. The van der Waals surface area contributed by atoms with Gasteiger partial charge >= 0.3 is 0 Å². The lowest BCUT2D eigenvalue weighted by Crippen LogP contribution is -2.34. The van der Waals surface area contributed by atoms with Gasteiger partial charge in [-0.25, -0.2) is 0 Å². The summed E-state index contributed by atoms with van der Waals surface area (Å²) in [6.07, 6.45) is 0. The van der Waals surface area contributed by atoms with Gasteiger partial charge in [0.05, 0.1) is 0 Å². The molecule has 0 atom stereocenters. The van der Waals surface area contributed by atoms with E-state index in [1.807, 2.05) is 0 Å². The molecule has 22 heavy (non-hydrogen) atoms. The zero-order chi connectivity index (χ0) is 16.2. The van der Waals surface area contributed by atoms with Crippen LogP contribution in [0.4, 0.5) is 0 Å². The monoisotopic (exact) mass is 348 g/mol. The molecule has 0 unspecified atom stereocenters. The van der Waals surface area contributed by atoms with E-state index in [4.69, 9.17) is 0 Å². The maximum absolute atomic E-state index is 2.47. The highest BCUT2D eigenvalue weighted by atomic mass is 32.2. The van der Waals surface area contributed by atoms with Crippen LogP contribution in [-0.2, 0) is 0 Å². The van der Waals surface area contributed by atoms with Crippen molar-refractivity contribution in [2.45, 2.75) is 0 Å². The zero-order valence-electron chi connectivity index (χ0n) is 15.1. The van der Waals surface area contributed by atoms with Crippen LogP contribution in [0.25, 0.3) is 0 Å². The number of nitrogens with zero attached hydrogens (tertiary/aromatic N) is 4.